The molecule has 0 saturated heterocycles. The fourth-order valence-electron chi connectivity index (χ4n) is 2.17. The summed E-state index contributed by atoms with van der Waals surface area (Å²) in [6, 6.07) is 8.51. The topological polar surface area (TPSA) is 68.0 Å². The van der Waals surface area contributed by atoms with Gasteiger partial charge < -0.3 is 11.1 Å². The van der Waals surface area contributed by atoms with Crippen LogP contribution in [-0.2, 0) is 6.54 Å². The summed E-state index contributed by atoms with van der Waals surface area (Å²) >= 11 is 7.23. The molecule has 3 rings (SSSR count). The first-order chi connectivity index (χ1) is 12.0. The van der Waals surface area contributed by atoms with Gasteiger partial charge in [-0.15, -0.1) is 11.3 Å². The highest BCUT2D eigenvalue weighted by Gasteiger charge is 2.15. The second-order valence-electron chi connectivity index (χ2n) is 5.15. The fourth-order valence-corrected chi connectivity index (χ4v) is 3.29. The quantitative estimate of drug-likeness (QED) is 0.666. The van der Waals surface area contributed by atoms with Crippen molar-refractivity contribution in [1.82, 2.24) is 10.3 Å². The molecule has 1 amide bonds. The van der Waals surface area contributed by atoms with Crippen molar-refractivity contribution in [1.29, 1.82) is 0 Å². The average Bonchev–Trinajstić information content (AvgIpc) is 3.06. The van der Waals surface area contributed by atoms with E-state index in [0.717, 1.165) is 23.5 Å². The Morgan fingerprint density at radius 3 is 2.68 bits per heavy atom. The maximum atomic E-state index is 13.6. The molecule has 0 aliphatic rings. The van der Waals surface area contributed by atoms with Crippen LogP contribution in [0.5, 0.6) is 0 Å². The van der Waals surface area contributed by atoms with Crippen LogP contribution in [0.3, 0.4) is 0 Å². The predicted molar refractivity (Wildman–Crippen MR) is 94.5 cm³/mol. The van der Waals surface area contributed by atoms with E-state index in [9.17, 15) is 13.6 Å². The van der Waals surface area contributed by atoms with Gasteiger partial charge in [0.05, 0.1) is 11.2 Å². The summed E-state index contributed by atoms with van der Waals surface area (Å²) in [5.41, 5.74) is 6.69. The maximum Gasteiger partial charge on any atom is 0.263 e. The highest BCUT2D eigenvalue weighted by Crippen LogP contribution is 2.32. The Hall–Kier alpha value is -2.51. The first-order valence-corrected chi connectivity index (χ1v) is 8.37. The van der Waals surface area contributed by atoms with E-state index >= 15 is 0 Å². The van der Waals surface area contributed by atoms with Gasteiger partial charge >= 0.3 is 0 Å². The number of nitrogens with zero attached hydrogens (tertiary/aromatic N) is 1. The van der Waals surface area contributed by atoms with Crippen LogP contribution in [0.2, 0.25) is 5.02 Å². The Morgan fingerprint density at radius 2 is 1.96 bits per heavy atom. The van der Waals surface area contributed by atoms with E-state index in [2.05, 4.69) is 10.3 Å². The van der Waals surface area contributed by atoms with Crippen LogP contribution in [-0.4, -0.2) is 10.9 Å². The number of hydrogen-bond acceptors (Lipinski definition) is 4. The van der Waals surface area contributed by atoms with Gasteiger partial charge in [0, 0.05) is 23.4 Å². The van der Waals surface area contributed by atoms with Gasteiger partial charge in [-0.25, -0.2) is 13.8 Å². The highest BCUT2D eigenvalue weighted by atomic mass is 35.5. The molecule has 0 aliphatic carbocycles. The van der Waals surface area contributed by atoms with E-state index in [1.807, 2.05) is 0 Å². The Labute approximate surface area is 151 Å². The molecular formula is C17H12ClF2N3OS. The highest BCUT2D eigenvalue weighted by molar-refractivity contribution is 7.17. The van der Waals surface area contributed by atoms with Gasteiger partial charge in [0.15, 0.2) is 0 Å². The normalized spacial score (nSPS) is 10.7. The fraction of sp³-hybridized carbons (Fsp3) is 0.0588. The zero-order valence-electron chi connectivity index (χ0n) is 12.7. The maximum absolute atomic E-state index is 13.6. The molecule has 0 atom stereocenters. The lowest BCUT2D eigenvalue weighted by atomic mass is 10.2. The van der Waals surface area contributed by atoms with E-state index in [-0.39, 0.29) is 12.1 Å². The largest absolute Gasteiger partial charge is 0.399 e. The third kappa shape index (κ3) is 3.78. The third-order valence-electron chi connectivity index (χ3n) is 3.44. The zero-order valence-corrected chi connectivity index (χ0v) is 14.3. The van der Waals surface area contributed by atoms with Gasteiger partial charge in [-0.2, -0.15) is 0 Å². The first-order valence-electron chi connectivity index (χ1n) is 7.18. The molecule has 128 valence electrons. The molecule has 8 heteroatoms. The van der Waals surface area contributed by atoms with Crippen LogP contribution in [0.15, 0.2) is 42.6 Å². The van der Waals surface area contributed by atoms with Crippen molar-refractivity contribution in [3.63, 3.8) is 0 Å². The van der Waals surface area contributed by atoms with Crippen molar-refractivity contribution < 1.29 is 13.6 Å². The number of benzene rings is 2. The molecule has 25 heavy (non-hydrogen) atoms. The molecule has 0 unspecified atom stereocenters. The minimum atomic E-state index is -0.711. The van der Waals surface area contributed by atoms with E-state index in [4.69, 9.17) is 17.3 Å². The van der Waals surface area contributed by atoms with Crippen molar-refractivity contribution in [3.8, 4) is 10.6 Å². The van der Waals surface area contributed by atoms with Crippen LogP contribution < -0.4 is 11.1 Å². The molecule has 1 aromatic heterocycles. The summed E-state index contributed by atoms with van der Waals surface area (Å²) in [7, 11) is 0. The molecule has 0 aliphatic heterocycles. The molecule has 3 N–H and O–H groups in total. The lowest BCUT2D eigenvalue weighted by Gasteiger charge is -2.06. The lowest BCUT2D eigenvalue weighted by Crippen LogP contribution is -2.23. The number of rotatable bonds is 4. The number of nitrogen functional groups attached to an aromatic ring is 1. The van der Waals surface area contributed by atoms with Gasteiger partial charge in [0.2, 0.25) is 0 Å². The Kier molecular flexibility index (Phi) is 4.96. The van der Waals surface area contributed by atoms with Crippen LogP contribution in [0.4, 0.5) is 14.5 Å². The first kappa shape index (κ1) is 17.3. The summed E-state index contributed by atoms with van der Waals surface area (Å²) in [6.07, 6.45) is 1.38. The Bertz CT molecular complexity index is 925. The number of nitrogens with one attached hydrogen (secondary N) is 1. The van der Waals surface area contributed by atoms with Gasteiger partial charge in [-0.3, -0.25) is 4.79 Å². The monoisotopic (exact) mass is 379 g/mol. The Balaban J connectivity index is 1.76. The second kappa shape index (κ2) is 7.16. The molecule has 0 fully saturated rings. The molecule has 0 radical (unpaired) electrons. The number of aromatic nitrogens is 1. The minimum absolute atomic E-state index is 0.195. The van der Waals surface area contributed by atoms with Gasteiger partial charge in [0.1, 0.15) is 21.5 Å². The summed E-state index contributed by atoms with van der Waals surface area (Å²) in [6.45, 7) is -0.260. The van der Waals surface area contributed by atoms with E-state index < -0.39 is 17.5 Å². The summed E-state index contributed by atoms with van der Waals surface area (Å²) in [5, 5.41) is 3.47. The van der Waals surface area contributed by atoms with Crippen LogP contribution in [0.1, 0.15) is 15.2 Å². The van der Waals surface area contributed by atoms with Crippen molar-refractivity contribution in [2.24, 2.45) is 0 Å². The standard InChI is InChI=1S/C17H12ClF2N3OS/c18-12-5-4-9(21)6-10(12)17-23-8-15(25-17)16(24)22-7-11-13(19)2-1-3-14(11)20/h1-6,8H,7,21H2,(H,22,24). The third-order valence-corrected chi connectivity index (χ3v) is 4.80. The number of halogens is 3. The average molecular weight is 380 g/mol. The number of carbonyl (C=O) groups is 1. The van der Waals surface area contributed by atoms with Crippen molar-refractivity contribution in [2.75, 3.05) is 5.73 Å². The SMILES string of the molecule is Nc1ccc(Cl)c(-c2ncc(C(=O)NCc3c(F)cccc3F)s2)c1. The zero-order chi connectivity index (χ0) is 18.0. The minimum Gasteiger partial charge on any atom is -0.399 e. The number of hydrogen-bond donors (Lipinski definition) is 2. The Morgan fingerprint density at radius 1 is 1.24 bits per heavy atom. The molecule has 1 heterocycles. The summed E-state index contributed by atoms with van der Waals surface area (Å²) in [5.74, 6) is -1.90. The lowest BCUT2D eigenvalue weighted by molar-refractivity contribution is 0.0954. The van der Waals surface area contributed by atoms with E-state index in [1.54, 1.807) is 18.2 Å². The van der Waals surface area contributed by atoms with Crippen molar-refractivity contribution in [2.45, 2.75) is 6.54 Å². The summed E-state index contributed by atoms with van der Waals surface area (Å²) in [4.78, 5) is 16.7. The van der Waals surface area contributed by atoms with E-state index in [0.29, 0.717) is 26.2 Å². The van der Waals surface area contributed by atoms with Crippen molar-refractivity contribution in [3.05, 3.63) is 69.7 Å². The van der Waals surface area contributed by atoms with Crippen molar-refractivity contribution >= 4 is 34.5 Å². The molecule has 0 spiro atoms. The van der Waals surface area contributed by atoms with Crippen LogP contribution in [0.25, 0.3) is 10.6 Å². The van der Waals surface area contributed by atoms with Gasteiger partial charge in [0.25, 0.3) is 5.91 Å². The van der Waals surface area contributed by atoms with Crippen LogP contribution >= 0.6 is 22.9 Å². The second-order valence-corrected chi connectivity index (χ2v) is 6.59. The number of carbonyl (C=O) groups excluding carboxylic acids is 1. The molecule has 0 saturated carbocycles. The molecule has 0 bridgehead atoms. The number of amides is 1. The molecule has 4 nitrogen and oxygen atoms in total. The van der Waals surface area contributed by atoms with E-state index in [1.165, 1.54) is 12.3 Å². The van der Waals surface area contributed by atoms with Gasteiger partial charge in [-0.1, -0.05) is 17.7 Å². The summed E-state index contributed by atoms with van der Waals surface area (Å²) < 4.78 is 27.2. The number of thiazole rings is 1. The smallest absolute Gasteiger partial charge is 0.263 e. The van der Waals surface area contributed by atoms with Crippen LogP contribution in [0, 0.1) is 11.6 Å². The molecule has 2 aromatic carbocycles. The molecule has 3 aromatic rings. The number of nitrogens with two attached hydrogens (primary N) is 1. The molecular weight excluding hydrogens is 368 g/mol. The van der Waals surface area contributed by atoms with Gasteiger partial charge in [-0.05, 0) is 30.3 Å². The number of anilines is 1. The predicted octanol–water partition coefficient (Wildman–Crippen LogP) is 4.25.